The van der Waals surface area contributed by atoms with E-state index in [0.717, 1.165) is 6.07 Å². The fourth-order valence-corrected chi connectivity index (χ4v) is 2.58. The zero-order chi connectivity index (χ0) is 15.3. The minimum Gasteiger partial charge on any atom is -0.493 e. The fraction of sp³-hybridized carbons (Fsp3) is 0.250. The van der Waals surface area contributed by atoms with Gasteiger partial charge in [-0.05, 0) is 25.1 Å². The molecule has 0 saturated heterocycles. The Labute approximate surface area is 122 Å². The van der Waals surface area contributed by atoms with Gasteiger partial charge < -0.3 is 9.84 Å². The smallest absolute Gasteiger partial charge is 0.339 e. The number of benzene rings is 1. The Bertz CT molecular complexity index is 627. The molecule has 0 bridgehead atoms. The van der Waals surface area contributed by atoms with Crippen LogP contribution in [0.3, 0.4) is 0 Å². The lowest BCUT2D eigenvalue weighted by atomic mass is 10.2. The Balaban J connectivity index is 3.17. The average Bonchev–Trinajstić information content (AvgIpc) is 2.37. The van der Waals surface area contributed by atoms with Gasteiger partial charge in [-0.2, -0.15) is 0 Å². The van der Waals surface area contributed by atoms with E-state index in [1.54, 1.807) is 6.92 Å². The van der Waals surface area contributed by atoms with E-state index >= 15 is 0 Å². The molecule has 0 unspecified atom stereocenters. The van der Waals surface area contributed by atoms with Crippen LogP contribution in [-0.4, -0.2) is 32.6 Å². The second-order valence-electron chi connectivity index (χ2n) is 3.74. The molecule has 110 valence electrons. The molecule has 2 N–H and O–H groups in total. The highest BCUT2D eigenvalue weighted by Crippen LogP contribution is 2.23. The van der Waals surface area contributed by atoms with Gasteiger partial charge in [-0.15, -0.1) is 0 Å². The molecule has 0 radical (unpaired) electrons. The number of hydrogen-bond acceptors (Lipinski definition) is 4. The van der Waals surface area contributed by atoms with Crippen molar-refractivity contribution >= 4 is 27.6 Å². The number of hydrogen-bond donors (Lipinski definition) is 2. The lowest BCUT2D eigenvalue weighted by Gasteiger charge is -2.10. The molecule has 0 aliphatic heterocycles. The van der Waals surface area contributed by atoms with Crippen LogP contribution in [-0.2, 0) is 10.0 Å². The maximum Gasteiger partial charge on any atom is 0.339 e. The molecule has 6 nitrogen and oxygen atoms in total. The summed E-state index contributed by atoms with van der Waals surface area (Å²) in [5, 5.41) is 9.19. The van der Waals surface area contributed by atoms with Gasteiger partial charge >= 0.3 is 5.97 Å². The van der Waals surface area contributed by atoms with Gasteiger partial charge in [-0.25, -0.2) is 17.9 Å². The lowest BCUT2D eigenvalue weighted by Crippen LogP contribution is -2.25. The predicted molar refractivity (Wildman–Crippen MR) is 74.8 cm³/mol. The summed E-state index contributed by atoms with van der Waals surface area (Å²) in [5.74, 6) is -1.16. The van der Waals surface area contributed by atoms with Gasteiger partial charge in [0.05, 0.1) is 11.5 Å². The third kappa shape index (κ3) is 4.22. The van der Waals surface area contributed by atoms with Gasteiger partial charge in [0.15, 0.2) is 0 Å². The molecule has 1 aromatic rings. The summed E-state index contributed by atoms with van der Waals surface area (Å²) < 4.78 is 31.2. The SMILES string of the molecule is C=C(Cl)CNS(=O)(=O)c1ccc(OCC)c(C(=O)O)c1. The van der Waals surface area contributed by atoms with Crippen LogP contribution in [0.15, 0.2) is 34.7 Å². The average molecular weight is 320 g/mol. The maximum atomic E-state index is 11.9. The molecule has 0 atom stereocenters. The van der Waals surface area contributed by atoms with Gasteiger partial charge in [0, 0.05) is 11.6 Å². The van der Waals surface area contributed by atoms with Crippen molar-refractivity contribution in [2.45, 2.75) is 11.8 Å². The third-order valence-corrected chi connectivity index (χ3v) is 3.78. The molecule has 0 amide bonds. The van der Waals surface area contributed by atoms with E-state index in [1.807, 2.05) is 0 Å². The highest BCUT2D eigenvalue weighted by molar-refractivity contribution is 7.89. The number of carbonyl (C=O) groups is 1. The van der Waals surface area contributed by atoms with Crippen LogP contribution < -0.4 is 9.46 Å². The van der Waals surface area contributed by atoms with Crippen LogP contribution in [0.1, 0.15) is 17.3 Å². The molecule has 0 heterocycles. The van der Waals surface area contributed by atoms with Crippen molar-refractivity contribution in [3.8, 4) is 5.75 Å². The normalized spacial score (nSPS) is 11.1. The summed E-state index contributed by atoms with van der Waals surface area (Å²) in [6.07, 6.45) is 0. The molecule has 1 aromatic carbocycles. The van der Waals surface area contributed by atoms with Crippen molar-refractivity contribution in [1.82, 2.24) is 4.72 Å². The van der Waals surface area contributed by atoms with E-state index < -0.39 is 16.0 Å². The second-order valence-corrected chi connectivity index (χ2v) is 6.04. The van der Waals surface area contributed by atoms with Crippen molar-refractivity contribution in [3.05, 3.63) is 35.4 Å². The topological polar surface area (TPSA) is 92.7 Å². The summed E-state index contributed by atoms with van der Waals surface area (Å²) in [4.78, 5) is 10.9. The van der Waals surface area contributed by atoms with Gasteiger partial charge in [-0.1, -0.05) is 18.2 Å². The van der Waals surface area contributed by atoms with Crippen LogP contribution in [0.2, 0.25) is 0 Å². The Morgan fingerprint density at radius 3 is 2.65 bits per heavy atom. The minimum atomic E-state index is -3.86. The van der Waals surface area contributed by atoms with Crippen molar-refractivity contribution in [2.24, 2.45) is 0 Å². The van der Waals surface area contributed by atoms with Crippen LogP contribution >= 0.6 is 11.6 Å². The number of aromatic carboxylic acids is 1. The minimum absolute atomic E-state index is 0.112. The standard InChI is InChI=1S/C12H14ClNO5S/c1-3-19-11-5-4-9(6-10(11)12(15)16)20(17,18)14-7-8(2)13/h4-6,14H,2-3,7H2,1H3,(H,15,16). The molecule has 0 aliphatic rings. The van der Waals surface area contributed by atoms with E-state index in [9.17, 15) is 13.2 Å². The third-order valence-electron chi connectivity index (χ3n) is 2.25. The first-order valence-electron chi connectivity index (χ1n) is 5.61. The summed E-state index contributed by atoms with van der Waals surface area (Å²) in [7, 11) is -3.86. The van der Waals surface area contributed by atoms with Crippen LogP contribution in [0.4, 0.5) is 0 Å². The zero-order valence-electron chi connectivity index (χ0n) is 10.7. The van der Waals surface area contributed by atoms with Crippen molar-refractivity contribution in [3.63, 3.8) is 0 Å². The predicted octanol–water partition coefficient (Wildman–Crippen LogP) is 1.81. The number of halogens is 1. The molecule has 1 rings (SSSR count). The second kappa shape index (κ2) is 6.74. The molecule has 20 heavy (non-hydrogen) atoms. The van der Waals surface area contributed by atoms with E-state index in [1.165, 1.54) is 12.1 Å². The van der Waals surface area contributed by atoms with Gasteiger partial charge in [0.2, 0.25) is 10.0 Å². The monoisotopic (exact) mass is 319 g/mol. The largest absolute Gasteiger partial charge is 0.493 e. The molecule has 0 aliphatic carbocycles. The first kappa shape index (κ1) is 16.5. The number of rotatable bonds is 7. The van der Waals surface area contributed by atoms with Gasteiger partial charge in [0.25, 0.3) is 0 Å². The van der Waals surface area contributed by atoms with Crippen LogP contribution in [0.25, 0.3) is 0 Å². The number of ether oxygens (including phenoxy) is 1. The number of carboxylic acids is 1. The van der Waals surface area contributed by atoms with E-state index in [4.69, 9.17) is 21.4 Å². The van der Waals surface area contributed by atoms with Crippen molar-refractivity contribution < 1.29 is 23.1 Å². The highest BCUT2D eigenvalue weighted by atomic mass is 35.5. The summed E-state index contributed by atoms with van der Waals surface area (Å²) in [5.41, 5.74) is -0.223. The number of sulfonamides is 1. The summed E-state index contributed by atoms with van der Waals surface area (Å²) in [6.45, 7) is 5.19. The molecule has 0 aromatic heterocycles. The molecule has 0 saturated carbocycles. The quantitative estimate of drug-likeness (QED) is 0.799. The zero-order valence-corrected chi connectivity index (χ0v) is 12.3. The number of carboxylic acid groups (broad SMARTS) is 1. The Hall–Kier alpha value is -1.57. The summed E-state index contributed by atoms with van der Waals surface area (Å²) >= 11 is 5.48. The van der Waals surface area contributed by atoms with E-state index in [2.05, 4.69) is 11.3 Å². The molecular formula is C12H14ClNO5S. The van der Waals surface area contributed by atoms with Crippen molar-refractivity contribution in [2.75, 3.05) is 13.2 Å². The molecule has 8 heteroatoms. The first-order valence-corrected chi connectivity index (χ1v) is 7.47. The van der Waals surface area contributed by atoms with Crippen molar-refractivity contribution in [1.29, 1.82) is 0 Å². The Morgan fingerprint density at radius 2 is 2.15 bits per heavy atom. The van der Waals surface area contributed by atoms with Gasteiger partial charge in [0.1, 0.15) is 11.3 Å². The lowest BCUT2D eigenvalue weighted by molar-refractivity contribution is 0.0692. The van der Waals surface area contributed by atoms with Crippen LogP contribution in [0, 0.1) is 0 Å². The molecular weight excluding hydrogens is 306 g/mol. The Kier molecular flexibility index (Phi) is 5.55. The molecule has 0 spiro atoms. The highest BCUT2D eigenvalue weighted by Gasteiger charge is 2.19. The van der Waals surface area contributed by atoms with Crippen LogP contribution in [0.5, 0.6) is 5.75 Å². The first-order chi connectivity index (χ1) is 9.27. The fourth-order valence-electron chi connectivity index (χ4n) is 1.38. The number of nitrogens with one attached hydrogen (secondary N) is 1. The summed E-state index contributed by atoms with van der Waals surface area (Å²) in [6, 6.07) is 3.60. The molecule has 0 fully saturated rings. The van der Waals surface area contributed by atoms with Gasteiger partial charge in [-0.3, -0.25) is 0 Å². The maximum absolute atomic E-state index is 11.9. The van der Waals surface area contributed by atoms with E-state index in [0.29, 0.717) is 0 Å². The Morgan fingerprint density at radius 1 is 1.50 bits per heavy atom. The van der Waals surface area contributed by atoms with E-state index in [-0.39, 0.29) is 34.4 Å².